The molecular formula is C11H17N3O2S. The van der Waals surface area contributed by atoms with Gasteiger partial charge in [0.15, 0.2) is 0 Å². The van der Waals surface area contributed by atoms with Crippen LogP contribution in [0, 0.1) is 0 Å². The molecule has 6 heteroatoms. The fourth-order valence-corrected chi connectivity index (χ4v) is 2.50. The van der Waals surface area contributed by atoms with Gasteiger partial charge in [0.05, 0.1) is 17.3 Å². The molecule has 0 bridgehead atoms. The summed E-state index contributed by atoms with van der Waals surface area (Å²) < 4.78 is 0. The van der Waals surface area contributed by atoms with Crippen molar-refractivity contribution >= 4 is 17.4 Å². The number of carbonyl (C=O) groups is 1. The van der Waals surface area contributed by atoms with E-state index in [1.807, 2.05) is 5.38 Å². The van der Waals surface area contributed by atoms with Crippen molar-refractivity contribution in [3.63, 3.8) is 0 Å². The molecule has 0 radical (unpaired) electrons. The lowest BCUT2D eigenvalue weighted by atomic mass is 10.1. The molecule has 94 valence electrons. The van der Waals surface area contributed by atoms with Crippen LogP contribution in [0.5, 0.6) is 0 Å². The van der Waals surface area contributed by atoms with Gasteiger partial charge in [-0.1, -0.05) is 0 Å². The molecular weight excluding hydrogens is 238 g/mol. The first kappa shape index (κ1) is 12.3. The van der Waals surface area contributed by atoms with Crippen molar-refractivity contribution in [2.45, 2.75) is 25.4 Å². The molecule has 1 aromatic heterocycles. The van der Waals surface area contributed by atoms with Crippen LogP contribution in [0.3, 0.4) is 0 Å². The number of amides is 2. The average Bonchev–Trinajstić information content (AvgIpc) is 2.82. The lowest BCUT2D eigenvalue weighted by Crippen LogP contribution is -2.47. The van der Waals surface area contributed by atoms with Gasteiger partial charge in [-0.3, -0.25) is 0 Å². The molecule has 2 amide bonds. The quantitative estimate of drug-likeness (QED) is 0.841. The number of nitrogens with zero attached hydrogens (tertiary/aromatic N) is 2. The van der Waals surface area contributed by atoms with E-state index in [9.17, 15) is 9.90 Å². The number of aliphatic hydroxyl groups is 1. The van der Waals surface area contributed by atoms with Crippen LogP contribution in [0.4, 0.5) is 4.79 Å². The Morgan fingerprint density at radius 1 is 1.71 bits per heavy atom. The van der Waals surface area contributed by atoms with Crippen LogP contribution >= 0.6 is 11.3 Å². The topological polar surface area (TPSA) is 65.5 Å². The van der Waals surface area contributed by atoms with Gasteiger partial charge in [0.25, 0.3) is 0 Å². The molecule has 0 spiro atoms. The summed E-state index contributed by atoms with van der Waals surface area (Å²) in [6.45, 7) is 1.78. The molecule has 2 heterocycles. The lowest BCUT2D eigenvalue weighted by Gasteiger charge is -2.30. The first-order valence-corrected chi connectivity index (χ1v) is 6.78. The number of nitrogens with one attached hydrogen (secondary N) is 1. The highest BCUT2D eigenvalue weighted by atomic mass is 32.1. The number of aromatic nitrogens is 1. The van der Waals surface area contributed by atoms with Gasteiger partial charge in [0.1, 0.15) is 0 Å². The van der Waals surface area contributed by atoms with Gasteiger partial charge >= 0.3 is 6.03 Å². The highest BCUT2D eigenvalue weighted by molar-refractivity contribution is 7.07. The van der Waals surface area contributed by atoms with E-state index in [2.05, 4.69) is 10.3 Å². The van der Waals surface area contributed by atoms with E-state index in [0.717, 1.165) is 31.5 Å². The van der Waals surface area contributed by atoms with E-state index in [4.69, 9.17) is 0 Å². The molecule has 2 N–H and O–H groups in total. The summed E-state index contributed by atoms with van der Waals surface area (Å²) in [6, 6.07) is -0.0843. The number of carbonyl (C=O) groups excluding carboxylic acids is 1. The molecule has 2 rings (SSSR count). The summed E-state index contributed by atoms with van der Waals surface area (Å²) in [7, 11) is 0. The van der Waals surface area contributed by atoms with Crippen molar-refractivity contribution in [3.05, 3.63) is 16.6 Å². The SMILES string of the molecule is O=C(NCCc1cscn1)N1CCCC(O)C1. The number of piperidine rings is 1. The number of hydrogen-bond donors (Lipinski definition) is 2. The minimum atomic E-state index is -0.368. The standard InChI is InChI=1S/C11H17N3O2S/c15-10-2-1-5-14(6-10)11(16)12-4-3-9-7-17-8-13-9/h7-8,10,15H,1-6H2,(H,12,16). The maximum absolute atomic E-state index is 11.8. The Bertz CT molecular complexity index is 356. The monoisotopic (exact) mass is 255 g/mol. The van der Waals surface area contributed by atoms with E-state index >= 15 is 0 Å². The number of urea groups is 1. The van der Waals surface area contributed by atoms with E-state index in [-0.39, 0.29) is 12.1 Å². The maximum Gasteiger partial charge on any atom is 0.317 e. The molecule has 17 heavy (non-hydrogen) atoms. The van der Waals surface area contributed by atoms with Gasteiger partial charge in [-0.05, 0) is 12.8 Å². The summed E-state index contributed by atoms with van der Waals surface area (Å²) in [5.41, 5.74) is 2.80. The molecule has 1 atom stereocenters. The van der Waals surface area contributed by atoms with Crippen LogP contribution in [0.2, 0.25) is 0 Å². The van der Waals surface area contributed by atoms with E-state index in [1.54, 1.807) is 21.7 Å². The second-order valence-electron chi connectivity index (χ2n) is 4.20. The normalized spacial score (nSPS) is 20.3. The predicted molar refractivity (Wildman–Crippen MR) is 66.0 cm³/mol. The van der Waals surface area contributed by atoms with Gasteiger partial charge in [-0.15, -0.1) is 11.3 Å². The van der Waals surface area contributed by atoms with Crippen molar-refractivity contribution in [1.82, 2.24) is 15.2 Å². The highest BCUT2D eigenvalue weighted by Gasteiger charge is 2.21. The fraction of sp³-hybridized carbons (Fsp3) is 0.636. The first-order valence-electron chi connectivity index (χ1n) is 5.83. The molecule has 1 unspecified atom stereocenters. The first-order chi connectivity index (χ1) is 8.25. The Balaban J connectivity index is 1.70. The van der Waals surface area contributed by atoms with E-state index in [0.29, 0.717) is 13.1 Å². The van der Waals surface area contributed by atoms with Crippen molar-refractivity contribution in [2.24, 2.45) is 0 Å². The summed E-state index contributed by atoms with van der Waals surface area (Å²) in [5, 5.41) is 14.3. The molecule has 1 aliphatic heterocycles. The van der Waals surface area contributed by atoms with Crippen LogP contribution in [0.15, 0.2) is 10.9 Å². The zero-order valence-corrected chi connectivity index (χ0v) is 10.4. The maximum atomic E-state index is 11.8. The van der Waals surface area contributed by atoms with Crippen LogP contribution < -0.4 is 5.32 Å². The molecule has 0 saturated carbocycles. The van der Waals surface area contributed by atoms with Gasteiger partial charge in [0.2, 0.25) is 0 Å². The third-order valence-electron chi connectivity index (χ3n) is 2.82. The summed E-state index contributed by atoms with van der Waals surface area (Å²) >= 11 is 1.56. The van der Waals surface area contributed by atoms with Crippen LogP contribution in [0.25, 0.3) is 0 Å². The number of aliphatic hydroxyl groups excluding tert-OH is 1. The molecule has 1 fully saturated rings. The minimum Gasteiger partial charge on any atom is -0.391 e. The second-order valence-corrected chi connectivity index (χ2v) is 4.92. The minimum absolute atomic E-state index is 0.0843. The summed E-state index contributed by atoms with van der Waals surface area (Å²) in [6.07, 6.45) is 2.06. The van der Waals surface area contributed by atoms with Crippen LogP contribution in [-0.2, 0) is 6.42 Å². The number of thiazole rings is 1. The zero-order valence-electron chi connectivity index (χ0n) is 9.63. The van der Waals surface area contributed by atoms with Crippen molar-refractivity contribution in [1.29, 1.82) is 0 Å². The molecule has 0 aliphatic carbocycles. The lowest BCUT2D eigenvalue weighted by molar-refractivity contribution is 0.0843. The predicted octanol–water partition coefficient (Wildman–Crippen LogP) is 0.852. The average molecular weight is 255 g/mol. The van der Waals surface area contributed by atoms with E-state index < -0.39 is 0 Å². The van der Waals surface area contributed by atoms with E-state index in [1.165, 1.54) is 0 Å². The van der Waals surface area contributed by atoms with Crippen molar-refractivity contribution < 1.29 is 9.90 Å². The van der Waals surface area contributed by atoms with Crippen LogP contribution in [-0.4, -0.2) is 46.8 Å². The second kappa shape index (κ2) is 5.97. The number of rotatable bonds is 3. The van der Waals surface area contributed by atoms with Gasteiger partial charge in [-0.25, -0.2) is 9.78 Å². The third kappa shape index (κ3) is 3.67. The Morgan fingerprint density at radius 3 is 3.29 bits per heavy atom. The molecule has 0 aromatic carbocycles. The largest absolute Gasteiger partial charge is 0.391 e. The third-order valence-corrected chi connectivity index (χ3v) is 3.46. The highest BCUT2D eigenvalue weighted by Crippen LogP contribution is 2.09. The van der Waals surface area contributed by atoms with Crippen LogP contribution in [0.1, 0.15) is 18.5 Å². The Hall–Kier alpha value is -1.14. The van der Waals surface area contributed by atoms with Crippen molar-refractivity contribution in [3.8, 4) is 0 Å². The number of likely N-dealkylation sites (tertiary alicyclic amines) is 1. The Labute approximate surface area is 104 Å². The summed E-state index contributed by atoms with van der Waals surface area (Å²) in [4.78, 5) is 17.6. The fourth-order valence-electron chi connectivity index (χ4n) is 1.91. The van der Waals surface area contributed by atoms with Gasteiger partial charge < -0.3 is 15.3 Å². The molecule has 5 nitrogen and oxygen atoms in total. The summed E-state index contributed by atoms with van der Waals surface area (Å²) in [5.74, 6) is 0. The number of hydrogen-bond acceptors (Lipinski definition) is 4. The smallest absolute Gasteiger partial charge is 0.317 e. The Kier molecular flexibility index (Phi) is 4.33. The van der Waals surface area contributed by atoms with Gasteiger partial charge in [-0.2, -0.15) is 0 Å². The molecule has 1 saturated heterocycles. The Morgan fingerprint density at radius 2 is 2.59 bits per heavy atom. The zero-order chi connectivity index (χ0) is 12.1. The van der Waals surface area contributed by atoms with Crippen molar-refractivity contribution in [2.75, 3.05) is 19.6 Å². The molecule has 1 aromatic rings. The number of β-amino-alcohol motifs (C(OH)–C–C–N with tert-alkyl or cyclic N) is 1. The van der Waals surface area contributed by atoms with Gasteiger partial charge in [0, 0.05) is 31.4 Å². The molecule has 1 aliphatic rings.